The summed E-state index contributed by atoms with van der Waals surface area (Å²) in [5, 5.41) is 11.7. The van der Waals surface area contributed by atoms with Gasteiger partial charge in [-0.25, -0.2) is 4.98 Å². The number of allylic oxidation sites excluding steroid dienone is 1. The van der Waals surface area contributed by atoms with Crippen molar-refractivity contribution in [2.75, 3.05) is 7.11 Å². The van der Waals surface area contributed by atoms with Crippen LogP contribution in [0.2, 0.25) is 0 Å². The Kier molecular flexibility index (Phi) is 5.03. The van der Waals surface area contributed by atoms with Crippen molar-refractivity contribution >= 4 is 23.2 Å². The second-order valence-electron chi connectivity index (χ2n) is 5.20. The molecule has 3 aromatic rings. The highest BCUT2D eigenvalue weighted by Gasteiger charge is 2.06. The van der Waals surface area contributed by atoms with E-state index in [1.54, 1.807) is 37.5 Å². The summed E-state index contributed by atoms with van der Waals surface area (Å²) in [4.78, 5) is 16.7. The summed E-state index contributed by atoms with van der Waals surface area (Å²) >= 11 is 1.50. The molecule has 0 unspecified atom stereocenters. The van der Waals surface area contributed by atoms with E-state index in [-0.39, 0.29) is 5.78 Å². The van der Waals surface area contributed by atoms with E-state index in [0.717, 1.165) is 16.3 Å². The lowest BCUT2D eigenvalue weighted by Gasteiger charge is -2.00. The SMILES string of the molecule is COc1cccc(-c2nc(C=CC(=O)c3cccc(C#N)c3)cs2)c1. The van der Waals surface area contributed by atoms with Crippen LogP contribution >= 0.6 is 11.3 Å². The molecule has 0 bridgehead atoms. The molecule has 122 valence electrons. The minimum absolute atomic E-state index is 0.159. The first-order valence-corrected chi connectivity index (χ1v) is 8.40. The Morgan fingerprint density at radius 3 is 2.88 bits per heavy atom. The fourth-order valence-electron chi connectivity index (χ4n) is 2.25. The van der Waals surface area contributed by atoms with Crippen molar-refractivity contribution in [2.45, 2.75) is 0 Å². The fraction of sp³-hybridized carbons (Fsp3) is 0.0500. The maximum absolute atomic E-state index is 12.2. The molecule has 1 heterocycles. The minimum atomic E-state index is -0.159. The topological polar surface area (TPSA) is 63.0 Å². The number of carbonyl (C=O) groups excluding carboxylic acids is 1. The summed E-state index contributed by atoms with van der Waals surface area (Å²) in [6.45, 7) is 0. The fourth-order valence-corrected chi connectivity index (χ4v) is 3.04. The number of aromatic nitrogens is 1. The first-order valence-electron chi connectivity index (χ1n) is 7.52. The molecule has 0 atom stereocenters. The first-order chi connectivity index (χ1) is 12.2. The lowest BCUT2D eigenvalue weighted by molar-refractivity contribution is 0.104. The molecule has 0 radical (unpaired) electrons. The number of nitrogens with zero attached hydrogens (tertiary/aromatic N) is 2. The van der Waals surface area contributed by atoms with Gasteiger partial charge in [-0.15, -0.1) is 11.3 Å². The average Bonchev–Trinajstić information content (AvgIpc) is 3.15. The van der Waals surface area contributed by atoms with Crippen LogP contribution in [0.3, 0.4) is 0 Å². The van der Waals surface area contributed by atoms with E-state index in [2.05, 4.69) is 4.98 Å². The highest BCUT2D eigenvalue weighted by Crippen LogP contribution is 2.27. The Bertz CT molecular complexity index is 983. The monoisotopic (exact) mass is 346 g/mol. The van der Waals surface area contributed by atoms with E-state index in [9.17, 15) is 4.79 Å². The van der Waals surface area contributed by atoms with Crippen molar-refractivity contribution in [1.82, 2.24) is 4.98 Å². The van der Waals surface area contributed by atoms with Gasteiger partial charge >= 0.3 is 0 Å². The molecule has 0 saturated carbocycles. The van der Waals surface area contributed by atoms with Crippen molar-refractivity contribution in [3.8, 4) is 22.4 Å². The van der Waals surface area contributed by atoms with Gasteiger partial charge in [0, 0.05) is 16.5 Å². The molecule has 0 spiro atoms. The number of benzene rings is 2. The van der Waals surface area contributed by atoms with Crippen LogP contribution < -0.4 is 4.74 Å². The Morgan fingerprint density at radius 1 is 1.24 bits per heavy atom. The average molecular weight is 346 g/mol. The number of nitriles is 1. The van der Waals surface area contributed by atoms with Gasteiger partial charge in [-0.3, -0.25) is 4.79 Å². The molecule has 0 fully saturated rings. The number of ether oxygens (including phenoxy) is 1. The predicted molar refractivity (Wildman–Crippen MR) is 98.6 cm³/mol. The minimum Gasteiger partial charge on any atom is -0.497 e. The molecule has 0 aliphatic heterocycles. The van der Waals surface area contributed by atoms with Gasteiger partial charge in [0.15, 0.2) is 5.78 Å². The van der Waals surface area contributed by atoms with Crippen molar-refractivity contribution in [3.05, 3.63) is 76.8 Å². The van der Waals surface area contributed by atoms with E-state index < -0.39 is 0 Å². The number of ketones is 1. The molecule has 4 nitrogen and oxygen atoms in total. The van der Waals surface area contributed by atoms with Gasteiger partial charge in [-0.1, -0.05) is 24.3 Å². The van der Waals surface area contributed by atoms with E-state index in [1.165, 1.54) is 17.4 Å². The third kappa shape index (κ3) is 4.00. The van der Waals surface area contributed by atoms with Gasteiger partial charge < -0.3 is 4.74 Å². The second kappa shape index (κ2) is 7.56. The number of thiazole rings is 1. The van der Waals surface area contributed by atoms with E-state index in [1.807, 2.05) is 35.7 Å². The standard InChI is InChI=1S/C20H14N2O2S/c1-24-18-7-3-6-16(11-18)20-22-17(13-25-20)8-9-19(23)15-5-2-4-14(10-15)12-21/h2-11,13H,1H3. The van der Waals surface area contributed by atoms with Gasteiger partial charge in [0.2, 0.25) is 0 Å². The molecule has 1 aromatic heterocycles. The second-order valence-corrected chi connectivity index (χ2v) is 6.06. The highest BCUT2D eigenvalue weighted by molar-refractivity contribution is 7.13. The lowest BCUT2D eigenvalue weighted by atomic mass is 10.1. The maximum atomic E-state index is 12.2. The maximum Gasteiger partial charge on any atom is 0.185 e. The van der Waals surface area contributed by atoms with Crippen LogP contribution in [0.4, 0.5) is 0 Å². The highest BCUT2D eigenvalue weighted by atomic mass is 32.1. The van der Waals surface area contributed by atoms with Crippen LogP contribution in [-0.2, 0) is 0 Å². The van der Waals surface area contributed by atoms with Gasteiger partial charge in [0.25, 0.3) is 0 Å². The molecule has 0 aliphatic carbocycles. The number of carbonyl (C=O) groups is 1. The van der Waals surface area contributed by atoms with Crippen LogP contribution in [0, 0.1) is 11.3 Å². The zero-order valence-corrected chi connectivity index (χ0v) is 14.3. The number of hydrogen-bond acceptors (Lipinski definition) is 5. The summed E-state index contributed by atoms with van der Waals surface area (Å²) in [5.74, 6) is 0.616. The van der Waals surface area contributed by atoms with E-state index in [4.69, 9.17) is 10.00 Å². The summed E-state index contributed by atoms with van der Waals surface area (Å²) < 4.78 is 5.23. The van der Waals surface area contributed by atoms with Gasteiger partial charge in [0.05, 0.1) is 24.4 Å². The lowest BCUT2D eigenvalue weighted by Crippen LogP contribution is -1.94. The quantitative estimate of drug-likeness (QED) is 0.501. The first kappa shape index (κ1) is 16.6. The normalized spacial score (nSPS) is 10.6. The van der Waals surface area contributed by atoms with Crippen molar-refractivity contribution in [3.63, 3.8) is 0 Å². The summed E-state index contributed by atoms with van der Waals surface area (Å²) in [7, 11) is 1.63. The molecule has 2 aromatic carbocycles. The van der Waals surface area contributed by atoms with Crippen molar-refractivity contribution in [2.24, 2.45) is 0 Å². The molecular formula is C20H14N2O2S. The molecule has 0 aliphatic rings. The molecule has 0 amide bonds. The number of methoxy groups -OCH3 is 1. The molecule has 3 rings (SSSR count). The zero-order valence-electron chi connectivity index (χ0n) is 13.5. The van der Waals surface area contributed by atoms with Crippen LogP contribution in [0.15, 0.2) is 60.0 Å². The molecular weight excluding hydrogens is 332 g/mol. The van der Waals surface area contributed by atoms with E-state index >= 15 is 0 Å². The molecule has 5 heteroatoms. The third-order valence-corrected chi connectivity index (χ3v) is 4.43. The molecule has 0 saturated heterocycles. The van der Waals surface area contributed by atoms with Gasteiger partial charge in [-0.2, -0.15) is 5.26 Å². The number of rotatable bonds is 5. The van der Waals surface area contributed by atoms with Crippen molar-refractivity contribution < 1.29 is 9.53 Å². The summed E-state index contributed by atoms with van der Waals surface area (Å²) in [6.07, 6.45) is 3.16. The zero-order chi connectivity index (χ0) is 17.6. The van der Waals surface area contributed by atoms with Gasteiger partial charge in [-0.05, 0) is 36.4 Å². The third-order valence-electron chi connectivity index (χ3n) is 3.52. The Labute approximate surface area is 149 Å². The summed E-state index contributed by atoms with van der Waals surface area (Å²) in [5.41, 5.74) is 2.64. The Balaban J connectivity index is 1.77. The van der Waals surface area contributed by atoms with Gasteiger partial charge in [0.1, 0.15) is 10.8 Å². The molecule has 25 heavy (non-hydrogen) atoms. The smallest absolute Gasteiger partial charge is 0.185 e. The predicted octanol–water partition coefficient (Wildman–Crippen LogP) is 4.59. The number of hydrogen-bond donors (Lipinski definition) is 0. The largest absolute Gasteiger partial charge is 0.497 e. The van der Waals surface area contributed by atoms with E-state index in [0.29, 0.717) is 16.8 Å². The molecule has 0 N–H and O–H groups in total. The summed E-state index contributed by atoms with van der Waals surface area (Å²) in [6, 6.07) is 16.3. The van der Waals surface area contributed by atoms with Crippen LogP contribution in [0.1, 0.15) is 21.6 Å². The Hall–Kier alpha value is -3.23. The van der Waals surface area contributed by atoms with Crippen LogP contribution in [0.25, 0.3) is 16.6 Å². The van der Waals surface area contributed by atoms with Crippen LogP contribution in [0.5, 0.6) is 5.75 Å². The Morgan fingerprint density at radius 2 is 2.08 bits per heavy atom. The van der Waals surface area contributed by atoms with Crippen LogP contribution in [-0.4, -0.2) is 17.9 Å². The van der Waals surface area contributed by atoms with Crippen molar-refractivity contribution in [1.29, 1.82) is 5.26 Å².